The lowest BCUT2D eigenvalue weighted by molar-refractivity contribution is 0.0697. The fraction of sp³-hybridized carbons (Fsp3) is 0.250. The summed E-state index contributed by atoms with van der Waals surface area (Å²) in [4.78, 5) is 24.7. The number of benzene rings is 1. The van der Waals surface area contributed by atoms with Crippen molar-refractivity contribution in [3.63, 3.8) is 0 Å². The first-order valence-electron chi connectivity index (χ1n) is 6.70. The van der Waals surface area contributed by atoms with Gasteiger partial charge in [-0.1, -0.05) is 30.3 Å². The van der Waals surface area contributed by atoms with E-state index in [0.717, 1.165) is 16.9 Å². The summed E-state index contributed by atoms with van der Waals surface area (Å²) >= 11 is 1.10. The SMILES string of the molecule is CC1(c2ccccc2)CCc2c(sc(N)c2C(=O)O)C1=O. The van der Waals surface area contributed by atoms with Crippen LogP contribution in [0.25, 0.3) is 0 Å². The summed E-state index contributed by atoms with van der Waals surface area (Å²) in [5.74, 6) is -1.08. The molecule has 21 heavy (non-hydrogen) atoms. The third-order valence-electron chi connectivity index (χ3n) is 4.24. The van der Waals surface area contributed by atoms with E-state index in [4.69, 9.17) is 5.73 Å². The predicted molar refractivity (Wildman–Crippen MR) is 82.1 cm³/mol. The Hall–Kier alpha value is -2.14. The summed E-state index contributed by atoms with van der Waals surface area (Å²) < 4.78 is 0. The zero-order valence-electron chi connectivity index (χ0n) is 11.6. The van der Waals surface area contributed by atoms with Gasteiger partial charge in [-0.3, -0.25) is 4.79 Å². The third kappa shape index (κ3) is 1.96. The summed E-state index contributed by atoms with van der Waals surface area (Å²) in [7, 11) is 0. The molecule has 2 aromatic rings. The molecule has 0 fully saturated rings. The Morgan fingerprint density at radius 3 is 2.62 bits per heavy atom. The number of fused-ring (bicyclic) bond motifs is 1. The number of rotatable bonds is 2. The van der Waals surface area contributed by atoms with Crippen LogP contribution in [0.2, 0.25) is 0 Å². The van der Waals surface area contributed by atoms with E-state index in [-0.39, 0.29) is 16.3 Å². The molecule has 0 bridgehead atoms. The van der Waals surface area contributed by atoms with Gasteiger partial charge in [-0.15, -0.1) is 11.3 Å². The van der Waals surface area contributed by atoms with Crippen molar-refractivity contribution in [2.24, 2.45) is 0 Å². The van der Waals surface area contributed by atoms with Crippen LogP contribution in [0.15, 0.2) is 30.3 Å². The molecule has 108 valence electrons. The third-order valence-corrected chi connectivity index (χ3v) is 5.30. The lowest BCUT2D eigenvalue weighted by Crippen LogP contribution is -2.36. The van der Waals surface area contributed by atoms with Gasteiger partial charge in [0.1, 0.15) is 5.00 Å². The number of anilines is 1. The number of aromatic carboxylic acids is 1. The Bertz CT molecular complexity index is 735. The van der Waals surface area contributed by atoms with Gasteiger partial charge in [0.15, 0.2) is 5.78 Å². The Morgan fingerprint density at radius 2 is 2.00 bits per heavy atom. The van der Waals surface area contributed by atoms with Crippen LogP contribution in [0.3, 0.4) is 0 Å². The molecule has 5 heteroatoms. The lowest BCUT2D eigenvalue weighted by atomic mass is 9.70. The van der Waals surface area contributed by atoms with Gasteiger partial charge in [0.05, 0.1) is 15.9 Å². The first kappa shape index (κ1) is 13.8. The van der Waals surface area contributed by atoms with Crippen molar-refractivity contribution in [3.8, 4) is 0 Å². The molecule has 1 aromatic heterocycles. The van der Waals surface area contributed by atoms with Gasteiger partial charge < -0.3 is 10.8 Å². The Labute approximate surface area is 126 Å². The molecular weight excluding hydrogens is 286 g/mol. The number of Topliss-reactive ketones (excluding diaryl/α,β-unsaturated/α-hetero) is 1. The van der Waals surface area contributed by atoms with Crippen LogP contribution in [0, 0.1) is 0 Å². The van der Waals surface area contributed by atoms with Gasteiger partial charge in [-0.2, -0.15) is 0 Å². The molecular formula is C16H15NO3S. The first-order valence-corrected chi connectivity index (χ1v) is 7.51. The number of carboxylic acid groups (broad SMARTS) is 1. The second-order valence-electron chi connectivity index (χ2n) is 5.48. The molecule has 1 aromatic carbocycles. The number of carbonyl (C=O) groups excluding carboxylic acids is 1. The number of nitrogens with two attached hydrogens (primary N) is 1. The van der Waals surface area contributed by atoms with E-state index in [0.29, 0.717) is 23.3 Å². The largest absolute Gasteiger partial charge is 0.478 e. The molecule has 1 heterocycles. The van der Waals surface area contributed by atoms with E-state index >= 15 is 0 Å². The number of ketones is 1. The fourth-order valence-corrected chi connectivity index (χ4v) is 4.14. The first-order chi connectivity index (χ1) is 9.95. The lowest BCUT2D eigenvalue weighted by Gasteiger charge is -2.32. The number of carbonyl (C=O) groups is 2. The molecule has 1 aliphatic rings. The molecule has 1 aliphatic carbocycles. The van der Waals surface area contributed by atoms with Crippen LogP contribution >= 0.6 is 11.3 Å². The number of thiophene rings is 1. The molecule has 3 rings (SSSR count). The molecule has 0 radical (unpaired) electrons. The van der Waals surface area contributed by atoms with Crippen LogP contribution in [0.4, 0.5) is 5.00 Å². The van der Waals surface area contributed by atoms with Gasteiger partial charge in [0.25, 0.3) is 0 Å². The summed E-state index contributed by atoms with van der Waals surface area (Å²) in [6.07, 6.45) is 1.15. The van der Waals surface area contributed by atoms with Gasteiger partial charge in [0, 0.05) is 0 Å². The smallest absolute Gasteiger partial charge is 0.338 e. The van der Waals surface area contributed by atoms with Crippen molar-refractivity contribution in [1.82, 2.24) is 0 Å². The Balaban J connectivity index is 2.12. The number of carboxylic acids is 1. The maximum absolute atomic E-state index is 12.9. The van der Waals surface area contributed by atoms with E-state index in [1.165, 1.54) is 0 Å². The highest BCUT2D eigenvalue weighted by Gasteiger charge is 2.43. The van der Waals surface area contributed by atoms with Crippen molar-refractivity contribution in [1.29, 1.82) is 0 Å². The van der Waals surface area contributed by atoms with Crippen LogP contribution in [-0.4, -0.2) is 16.9 Å². The maximum Gasteiger partial charge on any atom is 0.338 e. The minimum Gasteiger partial charge on any atom is -0.478 e. The van der Waals surface area contributed by atoms with Crippen molar-refractivity contribution in [3.05, 3.63) is 51.9 Å². The van der Waals surface area contributed by atoms with Gasteiger partial charge in [-0.25, -0.2) is 4.79 Å². The van der Waals surface area contributed by atoms with Crippen LogP contribution in [0.1, 0.15) is 44.5 Å². The van der Waals surface area contributed by atoms with Crippen molar-refractivity contribution >= 4 is 28.1 Å². The quantitative estimate of drug-likeness (QED) is 0.893. The highest BCUT2D eigenvalue weighted by atomic mass is 32.1. The monoisotopic (exact) mass is 301 g/mol. The van der Waals surface area contributed by atoms with E-state index in [9.17, 15) is 14.7 Å². The molecule has 4 nitrogen and oxygen atoms in total. The standard InChI is InChI=1S/C16H15NO3S/c1-16(9-5-3-2-4-6-9)8-7-10-11(15(19)20)14(17)21-12(10)13(16)18/h2-6H,7-8,17H2,1H3,(H,19,20). The van der Waals surface area contributed by atoms with Gasteiger partial charge in [0.2, 0.25) is 0 Å². The molecule has 1 atom stereocenters. The minimum atomic E-state index is -1.05. The highest BCUT2D eigenvalue weighted by molar-refractivity contribution is 7.18. The summed E-state index contributed by atoms with van der Waals surface area (Å²) in [5, 5.41) is 9.48. The van der Waals surface area contributed by atoms with Crippen molar-refractivity contribution < 1.29 is 14.7 Å². The van der Waals surface area contributed by atoms with Gasteiger partial charge >= 0.3 is 5.97 Å². The second-order valence-corrected chi connectivity index (χ2v) is 6.53. The summed E-state index contributed by atoms with van der Waals surface area (Å²) in [5.41, 5.74) is 6.86. The van der Waals surface area contributed by atoms with Crippen molar-refractivity contribution in [2.75, 3.05) is 5.73 Å². The normalized spacial score (nSPS) is 21.1. The summed E-state index contributed by atoms with van der Waals surface area (Å²) in [6.45, 7) is 1.92. The average molecular weight is 301 g/mol. The topological polar surface area (TPSA) is 80.4 Å². The molecule has 0 saturated heterocycles. The molecule has 0 amide bonds. The molecule has 0 saturated carbocycles. The van der Waals surface area contributed by atoms with E-state index in [1.807, 2.05) is 37.3 Å². The minimum absolute atomic E-state index is 0.0286. The van der Waals surface area contributed by atoms with Crippen molar-refractivity contribution in [2.45, 2.75) is 25.2 Å². The average Bonchev–Trinajstić information content (AvgIpc) is 2.81. The van der Waals surface area contributed by atoms with E-state index in [2.05, 4.69) is 0 Å². The second kappa shape index (κ2) is 4.70. The molecule has 0 spiro atoms. The zero-order chi connectivity index (χ0) is 15.2. The van der Waals surface area contributed by atoms with Crippen LogP contribution < -0.4 is 5.73 Å². The van der Waals surface area contributed by atoms with Crippen LogP contribution in [-0.2, 0) is 11.8 Å². The number of hydrogen-bond donors (Lipinski definition) is 2. The fourth-order valence-electron chi connectivity index (χ4n) is 2.96. The number of nitrogen functional groups attached to an aromatic ring is 1. The van der Waals surface area contributed by atoms with Crippen LogP contribution in [0.5, 0.6) is 0 Å². The molecule has 1 unspecified atom stereocenters. The zero-order valence-corrected chi connectivity index (χ0v) is 12.4. The highest BCUT2D eigenvalue weighted by Crippen LogP contribution is 2.44. The number of hydrogen-bond acceptors (Lipinski definition) is 4. The summed E-state index contributed by atoms with van der Waals surface area (Å²) in [6, 6.07) is 9.62. The van der Waals surface area contributed by atoms with Gasteiger partial charge in [-0.05, 0) is 30.9 Å². The molecule has 0 aliphatic heterocycles. The van der Waals surface area contributed by atoms with E-state index in [1.54, 1.807) is 0 Å². The predicted octanol–water partition coefficient (Wildman–Crippen LogP) is 3.12. The maximum atomic E-state index is 12.9. The Kier molecular flexibility index (Phi) is 3.10. The van der Waals surface area contributed by atoms with E-state index < -0.39 is 11.4 Å². The Morgan fingerprint density at radius 1 is 1.33 bits per heavy atom. The molecule has 3 N–H and O–H groups in total.